The third kappa shape index (κ3) is 4.10. The molecule has 0 aliphatic carbocycles. The van der Waals surface area contributed by atoms with Crippen LogP contribution in [0.3, 0.4) is 0 Å². The summed E-state index contributed by atoms with van der Waals surface area (Å²) in [5.74, 6) is 0. The largest absolute Gasteiger partial charge is 0.377 e. The Morgan fingerprint density at radius 1 is 1.38 bits per heavy atom. The third-order valence-electron chi connectivity index (χ3n) is 2.66. The number of ether oxygens (including phenoxy) is 1. The summed E-state index contributed by atoms with van der Waals surface area (Å²) in [6, 6.07) is 0.586. The minimum absolute atomic E-state index is 0.403. The molecule has 2 atom stereocenters. The summed E-state index contributed by atoms with van der Waals surface area (Å²) in [5, 5.41) is 3.56. The highest BCUT2D eigenvalue weighted by molar-refractivity contribution is 4.79. The molecule has 2 unspecified atom stereocenters. The lowest BCUT2D eigenvalue weighted by Gasteiger charge is -2.21. The molecule has 0 amide bonds. The molecule has 1 saturated heterocycles. The summed E-state index contributed by atoms with van der Waals surface area (Å²) < 4.78 is 5.49. The van der Waals surface area contributed by atoms with Crippen molar-refractivity contribution in [2.45, 2.75) is 52.7 Å². The monoisotopic (exact) mass is 185 g/mol. The highest BCUT2D eigenvalue weighted by Gasteiger charge is 2.23. The first-order chi connectivity index (χ1) is 5.99. The van der Waals surface area contributed by atoms with Crippen molar-refractivity contribution in [1.29, 1.82) is 0 Å². The van der Waals surface area contributed by atoms with Gasteiger partial charge in [-0.3, -0.25) is 0 Å². The molecular formula is C11H23NO. The summed E-state index contributed by atoms with van der Waals surface area (Å²) >= 11 is 0. The van der Waals surface area contributed by atoms with Gasteiger partial charge in [0.25, 0.3) is 0 Å². The molecule has 1 fully saturated rings. The van der Waals surface area contributed by atoms with Crippen molar-refractivity contribution in [1.82, 2.24) is 5.32 Å². The lowest BCUT2D eigenvalue weighted by molar-refractivity contribution is 0.112. The van der Waals surface area contributed by atoms with Crippen LogP contribution in [0.5, 0.6) is 0 Å². The molecule has 0 aromatic heterocycles. The number of rotatable bonds is 3. The lowest BCUT2D eigenvalue weighted by atomic mass is 9.92. The van der Waals surface area contributed by atoms with Crippen LogP contribution in [0, 0.1) is 5.41 Å². The Kier molecular flexibility index (Phi) is 3.74. The topological polar surface area (TPSA) is 21.3 Å². The van der Waals surface area contributed by atoms with E-state index in [2.05, 4.69) is 33.0 Å². The van der Waals surface area contributed by atoms with Crippen molar-refractivity contribution in [3.05, 3.63) is 0 Å². The van der Waals surface area contributed by atoms with E-state index < -0.39 is 0 Å². The van der Waals surface area contributed by atoms with Crippen LogP contribution in [-0.4, -0.2) is 25.3 Å². The van der Waals surface area contributed by atoms with Crippen LogP contribution in [0.15, 0.2) is 0 Å². The molecular weight excluding hydrogens is 162 g/mol. The van der Waals surface area contributed by atoms with E-state index >= 15 is 0 Å². The maximum Gasteiger partial charge on any atom is 0.0700 e. The van der Waals surface area contributed by atoms with Gasteiger partial charge in [-0.25, -0.2) is 0 Å². The molecule has 0 aromatic carbocycles. The van der Waals surface area contributed by atoms with Crippen LogP contribution in [-0.2, 0) is 4.74 Å². The predicted molar refractivity (Wildman–Crippen MR) is 55.9 cm³/mol. The summed E-state index contributed by atoms with van der Waals surface area (Å²) in [6.45, 7) is 11.0. The molecule has 78 valence electrons. The van der Waals surface area contributed by atoms with E-state index in [0.29, 0.717) is 17.6 Å². The average Bonchev–Trinajstić information content (AvgIpc) is 2.34. The van der Waals surface area contributed by atoms with Crippen LogP contribution >= 0.6 is 0 Å². The van der Waals surface area contributed by atoms with Gasteiger partial charge >= 0.3 is 0 Å². The minimum Gasteiger partial charge on any atom is -0.377 e. The normalized spacial score (nSPS) is 29.5. The summed E-state index contributed by atoms with van der Waals surface area (Å²) in [6.07, 6.45) is 2.81. The Balaban J connectivity index is 2.12. The molecule has 1 aliphatic heterocycles. The lowest BCUT2D eigenvalue weighted by Crippen LogP contribution is -2.36. The van der Waals surface area contributed by atoms with Gasteiger partial charge in [0.15, 0.2) is 0 Å². The van der Waals surface area contributed by atoms with Gasteiger partial charge < -0.3 is 10.1 Å². The van der Waals surface area contributed by atoms with Crippen LogP contribution in [0.1, 0.15) is 40.5 Å². The number of nitrogens with one attached hydrogen (secondary N) is 1. The summed E-state index contributed by atoms with van der Waals surface area (Å²) in [4.78, 5) is 0. The maximum absolute atomic E-state index is 5.49. The number of hydrogen-bond donors (Lipinski definition) is 1. The van der Waals surface area contributed by atoms with Crippen molar-refractivity contribution in [3.8, 4) is 0 Å². The summed E-state index contributed by atoms with van der Waals surface area (Å²) in [5.41, 5.74) is 0.440. The van der Waals surface area contributed by atoms with Crippen LogP contribution in [0.2, 0.25) is 0 Å². The van der Waals surface area contributed by atoms with Gasteiger partial charge in [-0.05, 0) is 31.7 Å². The molecule has 0 saturated carbocycles. The van der Waals surface area contributed by atoms with E-state index in [9.17, 15) is 0 Å². The first-order valence-corrected chi connectivity index (χ1v) is 5.34. The first kappa shape index (κ1) is 11.0. The molecule has 1 heterocycles. The van der Waals surface area contributed by atoms with E-state index in [0.717, 1.165) is 13.2 Å². The van der Waals surface area contributed by atoms with Crippen molar-refractivity contribution in [2.24, 2.45) is 5.41 Å². The second-order valence-electron chi connectivity index (χ2n) is 5.24. The highest BCUT2D eigenvalue weighted by Crippen LogP contribution is 2.18. The van der Waals surface area contributed by atoms with Crippen LogP contribution in [0.4, 0.5) is 0 Å². The van der Waals surface area contributed by atoms with E-state index in [4.69, 9.17) is 4.74 Å². The zero-order valence-corrected chi connectivity index (χ0v) is 9.39. The Morgan fingerprint density at radius 3 is 2.54 bits per heavy atom. The predicted octanol–water partition coefficient (Wildman–Crippen LogP) is 2.19. The highest BCUT2D eigenvalue weighted by atomic mass is 16.5. The molecule has 1 N–H and O–H groups in total. The quantitative estimate of drug-likeness (QED) is 0.727. The molecule has 13 heavy (non-hydrogen) atoms. The standard InChI is InChI=1S/C11H23NO/c1-9-10(5-8-13-9)12-7-6-11(2,3)4/h9-10,12H,5-8H2,1-4H3. The zero-order valence-electron chi connectivity index (χ0n) is 9.39. The first-order valence-electron chi connectivity index (χ1n) is 5.34. The molecule has 2 heteroatoms. The van der Waals surface area contributed by atoms with Gasteiger partial charge in [0.2, 0.25) is 0 Å². The van der Waals surface area contributed by atoms with E-state index in [1.54, 1.807) is 0 Å². The fourth-order valence-corrected chi connectivity index (χ4v) is 1.63. The van der Waals surface area contributed by atoms with Crippen molar-refractivity contribution in [2.75, 3.05) is 13.2 Å². The number of hydrogen-bond acceptors (Lipinski definition) is 2. The van der Waals surface area contributed by atoms with Gasteiger partial charge in [0.1, 0.15) is 0 Å². The molecule has 0 spiro atoms. The molecule has 0 bridgehead atoms. The van der Waals surface area contributed by atoms with Crippen molar-refractivity contribution in [3.63, 3.8) is 0 Å². The average molecular weight is 185 g/mol. The Hall–Kier alpha value is -0.0800. The van der Waals surface area contributed by atoms with Gasteiger partial charge in [-0.1, -0.05) is 20.8 Å². The Morgan fingerprint density at radius 2 is 2.08 bits per heavy atom. The molecule has 0 radical (unpaired) electrons. The smallest absolute Gasteiger partial charge is 0.0700 e. The van der Waals surface area contributed by atoms with Crippen molar-refractivity contribution >= 4 is 0 Å². The fraction of sp³-hybridized carbons (Fsp3) is 1.00. The zero-order chi connectivity index (χ0) is 9.90. The Labute approximate surface area is 82.0 Å². The molecule has 1 aliphatic rings. The van der Waals surface area contributed by atoms with Crippen LogP contribution in [0.25, 0.3) is 0 Å². The summed E-state index contributed by atoms with van der Waals surface area (Å²) in [7, 11) is 0. The van der Waals surface area contributed by atoms with E-state index in [1.807, 2.05) is 0 Å². The Bertz CT molecular complexity index is 151. The minimum atomic E-state index is 0.403. The van der Waals surface area contributed by atoms with Gasteiger partial charge in [-0.15, -0.1) is 0 Å². The van der Waals surface area contributed by atoms with Crippen LogP contribution < -0.4 is 5.32 Å². The molecule has 0 aromatic rings. The SMILES string of the molecule is CC1OCCC1NCCC(C)(C)C. The fourth-order valence-electron chi connectivity index (χ4n) is 1.63. The van der Waals surface area contributed by atoms with E-state index in [-0.39, 0.29) is 0 Å². The molecule has 2 nitrogen and oxygen atoms in total. The second-order valence-corrected chi connectivity index (χ2v) is 5.24. The van der Waals surface area contributed by atoms with E-state index in [1.165, 1.54) is 12.8 Å². The van der Waals surface area contributed by atoms with Crippen molar-refractivity contribution < 1.29 is 4.74 Å². The molecule has 1 rings (SSSR count). The second kappa shape index (κ2) is 4.43. The van der Waals surface area contributed by atoms with Gasteiger partial charge in [-0.2, -0.15) is 0 Å². The van der Waals surface area contributed by atoms with Gasteiger partial charge in [0, 0.05) is 12.6 Å². The maximum atomic E-state index is 5.49. The van der Waals surface area contributed by atoms with Gasteiger partial charge in [0.05, 0.1) is 6.10 Å². The third-order valence-corrected chi connectivity index (χ3v) is 2.66.